The number of hydrogen-bond acceptors (Lipinski definition) is 6. The monoisotopic (exact) mass is 228 g/mol. The highest BCUT2D eigenvalue weighted by Crippen LogP contribution is 2.13. The van der Waals surface area contributed by atoms with Crippen molar-refractivity contribution >= 4 is 17.9 Å². The van der Waals surface area contributed by atoms with Gasteiger partial charge in [0, 0.05) is 19.9 Å². The Labute approximate surface area is 92.2 Å². The highest BCUT2D eigenvalue weighted by atomic mass is 16.6. The molecule has 16 heavy (non-hydrogen) atoms. The fourth-order valence-electron chi connectivity index (χ4n) is 1.19. The van der Waals surface area contributed by atoms with E-state index in [0.717, 1.165) is 6.08 Å². The molecule has 0 spiro atoms. The average Bonchev–Trinajstić information content (AvgIpc) is 2.17. The van der Waals surface area contributed by atoms with Gasteiger partial charge in [-0.3, -0.25) is 9.59 Å². The van der Waals surface area contributed by atoms with E-state index in [1.54, 1.807) is 0 Å². The minimum absolute atomic E-state index is 0.136. The van der Waals surface area contributed by atoms with Crippen molar-refractivity contribution in [2.24, 2.45) is 0 Å². The lowest BCUT2D eigenvalue weighted by Crippen LogP contribution is -2.39. The predicted molar refractivity (Wildman–Crippen MR) is 51.2 cm³/mol. The topological polar surface area (TPSA) is 78.9 Å². The van der Waals surface area contributed by atoms with Gasteiger partial charge in [0.05, 0.1) is 0 Å². The Kier molecular flexibility index (Phi) is 4.04. The Balaban J connectivity index is 2.62. The van der Waals surface area contributed by atoms with E-state index in [1.807, 2.05) is 0 Å². The molecule has 0 bridgehead atoms. The number of cyclic esters (lactones) is 1. The number of carbonyl (C=O) groups excluding carboxylic acids is 3. The standard InChI is InChI=1S/C10H12O6/c1-6(11)14-5-9-8(15-7(2)12)3-4-10(13)16-9/h3-4,8-9H,5H2,1-2H3/t8-,9-/m1/s1. The summed E-state index contributed by atoms with van der Waals surface area (Å²) in [6.45, 7) is 2.35. The largest absolute Gasteiger partial charge is 0.462 e. The molecule has 0 amide bonds. The van der Waals surface area contributed by atoms with Gasteiger partial charge in [0.2, 0.25) is 0 Å². The van der Waals surface area contributed by atoms with Crippen molar-refractivity contribution < 1.29 is 28.6 Å². The lowest BCUT2D eigenvalue weighted by Gasteiger charge is -2.26. The maximum Gasteiger partial charge on any atom is 0.331 e. The molecule has 0 saturated carbocycles. The van der Waals surface area contributed by atoms with Crippen molar-refractivity contribution in [2.45, 2.75) is 26.1 Å². The lowest BCUT2D eigenvalue weighted by molar-refractivity contribution is -0.169. The summed E-state index contributed by atoms with van der Waals surface area (Å²) in [6, 6.07) is 0. The van der Waals surface area contributed by atoms with Gasteiger partial charge in [0.1, 0.15) is 6.61 Å². The number of hydrogen-bond donors (Lipinski definition) is 0. The van der Waals surface area contributed by atoms with E-state index in [4.69, 9.17) is 14.2 Å². The number of carbonyl (C=O) groups is 3. The highest BCUT2D eigenvalue weighted by molar-refractivity contribution is 5.83. The molecule has 0 aromatic rings. The highest BCUT2D eigenvalue weighted by Gasteiger charge is 2.30. The molecule has 6 nitrogen and oxygen atoms in total. The average molecular weight is 228 g/mol. The van der Waals surface area contributed by atoms with E-state index < -0.39 is 30.1 Å². The third-order valence-electron chi connectivity index (χ3n) is 1.81. The number of ether oxygens (including phenoxy) is 3. The van der Waals surface area contributed by atoms with Crippen molar-refractivity contribution in [3.05, 3.63) is 12.2 Å². The molecule has 0 N–H and O–H groups in total. The fraction of sp³-hybridized carbons (Fsp3) is 0.500. The van der Waals surface area contributed by atoms with Gasteiger partial charge in [0.25, 0.3) is 0 Å². The van der Waals surface area contributed by atoms with Crippen LogP contribution in [0, 0.1) is 0 Å². The molecule has 1 rings (SSSR count). The van der Waals surface area contributed by atoms with Crippen molar-refractivity contribution in [2.75, 3.05) is 6.61 Å². The Morgan fingerprint density at radius 1 is 1.38 bits per heavy atom. The van der Waals surface area contributed by atoms with E-state index in [2.05, 4.69) is 0 Å². The molecular formula is C10H12O6. The fourth-order valence-corrected chi connectivity index (χ4v) is 1.19. The van der Waals surface area contributed by atoms with Crippen LogP contribution in [0.15, 0.2) is 12.2 Å². The Morgan fingerprint density at radius 3 is 2.62 bits per heavy atom. The zero-order valence-corrected chi connectivity index (χ0v) is 8.97. The van der Waals surface area contributed by atoms with Gasteiger partial charge in [-0.1, -0.05) is 0 Å². The molecule has 0 fully saturated rings. The zero-order chi connectivity index (χ0) is 12.1. The minimum Gasteiger partial charge on any atom is -0.462 e. The molecule has 1 heterocycles. The van der Waals surface area contributed by atoms with E-state index in [-0.39, 0.29) is 6.61 Å². The Hall–Kier alpha value is -1.85. The maximum absolute atomic E-state index is 11.0. The molecule has 6 heteroatoms. The summed E-state index contributed by atoms with van der Waals surface area (Å²) in [4.78, 5) is 32.3. The van der Waals surface area contributed by atoms with Crippen LogP contribution in [0.4, 0.5) is 0 Å². The van der Waals surface area contributed by atoms with E-state index in [1.165, 1.54) is 19.9 Å². The molecule has 0 aliphatic carbocycles. The first-order chi connectivity index (χ1) is 7.49. The molecule has 0 unspecified atom stereocenters. The van der Waals surface area contributed by atoms with Gasteiger partial charge in [-0.2, -0.15) is 0 Å². The second-order valence-corrected chi connectivity index (χ2v) is 3.21. The molecule has 0 aromatic heterocycles. The molecule has 0 saturated heterocycles. The summed E-state index contributed by atoms with van der Waals surface area (Å²) >= 11 is 0. The number of esters is 3. The quantitative estimate of drug-likeness (QED) is 0.498. The molecule has 1 aliphatic rings. The van der Waals surface area contributed by atoms with E-state index >= 15 is 0 Å². The smallest absolute Gasteiger partial charge is 0.331 e. The summed E-state index contributed by atoms with van der Waals surface area (Å²) in [5.74, 6) is -1.55. The van der Waals surface area contributed by atoms with Crippen LogP contribution in [-0.4, -0.2) is 36.7 Å². The van der Waals surface area contributed by atoms with Gasteiger partial charge in [0.15, 0.2) is 12.2 Å². The first-order valence-electron chi connectivity index (χ1n) is 4.68. The second kappa shape index (κ2) is 5.29. The SMILES string of the molecule is CC(=O)OC[C@H]1OC(=O)C=C[C@H]1OC(C)=O. The van der Waals surface area contributed by atoms with E-state index in [0.29, 0.717) is 0 Å². The predicted octanol–water partition coefficient (Wildman–Crippen LogP) is -0.0372. The molecule has 1 aliphatic heterocycles. The van der Waals surface area contributed by atoms with Crippen molar-refractivity contribution in [3.63, 3.8) is 0 Å². The van der Waals surface area contributed by atoms with Crippen LogP contribution in [0.25, 0.3) is 0 Å². The third-order valence-corrected chi connectivity index (χ3v) is 1.81. The van der Waals surface area contributed by atoms with Gasteiger partial charge < -0.3 is 14.2 Å². The first kappa shape index (κ1) is 12.2. The van der Waals surface area contributed by atoms with Crippen LogP contribution in [0.5, 0.6) is 0 Å². The number of rotatable bonds is 3. The second-order valence-electron chi connectivity index (χ2n) is 3.21. The zero-order valence-electron chi connectivity index (χ0n) is 8.97. The molecule has 0 radical (unpaired) electrons. The lowest BCUT2D eigenvalue weighted by atomic mass is 10.1. The van der Waals surface area contributed by atoms with Crippen molar-refractivity contribution in [3.8, 4) is 0 Å². The molecule has 0 aromatic carbocycles. The van der Waals surface area contributed by atoms with Crippen molar-refractivity contribution in [1.82, 2.24) is 0 Å². The third kappa shape index (κ3) is 3.72. The van der Waals surface area contributed by atoms with Gasteiger partial charge in [-0.05, 0) is 6.08 Å². The van der Waals surface area contributed by atoms with Crippen LogP contribution in [0.2, 0.25) is 0 Å². The van der Waals surface area contributed by atoms with Crippen LogP contribution in [-0.2, 0) is 28.6 Å². The Bertz CT molecular complexity index is 332. The van der Waals surface area contributed by atoms with Gasteiger partial charge in [-0.25, -0.2) is 4.79 Å². The maximum atomic E-state index is 11.0. The molecular weight excluding hydrogens is 216 g/mol. The summed E-state index contributed by atoms with van der Waals surface area (Å²) in [5.41, 5.74) is 0. The van der Waals surface area contributed by atoms with Gasteiger partial charge in [-0.15, -0.1) is 0 Å². The normalized spacial score (nSPS) is 23.5. The van der Waals surface area contributed by atoms with E-state index in [9.17, 15) is 14.4 Å². The van der Waals surface area contributed by atoms with Crippen molar-refractivity contribution in [1.29, 1.82) is 0 Å². The van der Waals surface area contributed by atoms with Crippen LogP contribution < -0.4 is 0 Å². The summed E-state index contributed by atoms with van der Waals surface area (Å²) < 4.78 is 14.5. The first-order valence-corrected chi connectivity index (χ1v) is 4.68. The van der Waals surface area contributed by atoms with Crippen LogP contribution in [0.3, 0.4) is 0 Å². The minimum atomic E-state index is -0.787. The summed E-state index contributed by atoms with van der Waals surface area (Å²) in [5, 5.41) is 0. The molecule has 88 valence electrons. The van der Waals surface area contributed by atoms with Crippen LogP contribution in [0.1, 0.15) is 13.8 Å². The molecule has 2 atom stereocenters. The van der Waals surface area contributed by atoms with Gasteiger partial charge >= 0.3 is 17.9 Å². The summed E-state index contributed by atoms with van der Waals surface area (Å²) in [6.07, 6.45) is 1.07. The summed E-state index contributed by atoms with van der Waals surface area (Å²) in [7, 11) is 0. The van der Waals surface area contributed by atoms with Crippen LogP contribution >= 0.6 is 0 Å². The Morgan fingerprint density at radius 2 is 2.06 bits per heavy atom.